The predicted octanol–water partition coefficient (Wildman–Crippen LogP) is 2.38. The van der Waals surface area contributed by atoms with E-state index < -0.39 is 0 Å². The molecule has 1 amide bonds. The smallest absolute Gasteiger partial charge is 0.257 e. The fourth-order valence-electron chi connectivity index (χ4n) is 1.75. The number of benzene rings is 1. The SMILES string of the molecule is Cc1ccc(C(=O)Nc2c(C(N)=S)cnn2C)c(Br)c1. The van der Waals surface area contributed by atoms with Gasteiger partial charge in [0.15, 0.2) is 0 Å². The summed E-state index contributed by atoms with van der Waals surface area (Å²) in [5, 5.41) is 6.82. The Labute approximate surface area is 130 Å². The number of carbonyl (C=O) groups excluding carboxylic acids is 1. The summed E-state index contributed by atoms with van der Waals surface area (Å²) in [7, 11) is 1.71. The number of carbonyl (C=O) groups is 1. The van der Waals surface area contributed by atoms with Crippen molar-refractivity contribution in [2.75, 3.05) is 5.32 Å². The number of aromatic nitrogens is 2. The summed E-state index contributed by atoms with van der Waals surface area (Å²) in [5.41, 5.74) is 7.75. The van der Waals surface area contributed by atoms with Crippen LogP contribution in [0.25, 0.3) is 0 Å². The Balaban J connectivity index is 2.33. The maximum Gasteiger partial charge on any atom is 0.257 e. The van der Waals surface area contributed by atoms with Crippen molar-refractivity contribution >= 4 is 44.9 Å². The Kier molecular flexibility index (Phi) is 4.20. The maximum atomic E-state index is 12.3. The predicted molar refractivity (Wildman–Crippen MR) is 85.9 cm³/mol. The van der Waals surface area contributed by atoms with E-state index in [0.29, 0.717) is 16.9 Å². The molecule has 104 valence electrons. The number of hydrogen-bond acceptors (Lipinski definition) is 3. The minimum Gasteiger partial charge on any atom is -0.389 e. The monoisotopic (exact) mass is 352 g/mol. The van der Waals surface area contributed by atoms with Gasteiger partial charge in [-0.2, -0.15) is 5.10 Å². The molecule has 7 heteroatoms. The third-order valence-corrected chi connectivity index (χ3v) is 3.68. The number of nitrogens with one attached hydrogen (secondary N) is 1. The minimum atomic E-state index is -0.252. The molecule has 2 aromatic rings. The number of anilines is 1. The first kappa shape index (κ1) is 14.7. The zero-order valence-corrected chi connectivity index (χ0v) is 13.4. The molecule has 0 aliphatic heterocycles. The van der Waals surface area contributed by atoms with Crippen LogP contribution in [0.1, 0.15) is 21.5 Å². The van der Waals surface area contributed by atoms with E-state index in [9.17, 15) is 4.79 Å². The molecule has 5 nitrogen and oxygen atoms in total. The molecule has 3 N–H and O–H groups in total. The van der Waals surface area contributed by atoms with Crippen LogP contribution in [0.4, 0.5) is 5.82 Å². The summed E-state index contributed by atoms with van der Waals surface area (Å²) in [4.78, 5) is 12.5. The quantitative estimate of drug-likeness (QED) is 0.831. The number of thiocarbonyl (C=S) groups is 1. The third kappa shape index (κ3) is 2.88. The summed E-state index contributed by atoms with van der Waals surface area (Å²) in [6.45, 7) is 1.96. The van der Waals surface area contributed by atoms with E-state index in [4.69, 9.17) is 18.0 Å². The van der Waals surface area contributed by atoms with Crippen LogP contribution in [0.15, 0.2) is 28.9 Å². The standard InChI is InChI=1S/C13H13BrN4OS/c1-7-3-4-8(10(14)5-7)13(19)17-12-9(11(15)20)6-16-18(12)2/h3-6H,1-2H3,(H2,15,20)(H,17,19). The van der Waals surface area contributed by atoms with Crippen LogP contribution in [0.5, 0.6) is 0 Å². The molecule has 0 atom stereocenters. The fraction of sp³-hybridized carbons (Fsp3) is 0.154. The number of nitrogens with zero attached hydrogens (tertiary/aromatic N) is 2. The number of hydrogen-bond donors (Lipinski definition) is 2. The first-order chi connectivity index (χ1) is 9.40. The molecule has 0 saturated heterocycles. The van der Waals surface area contributed by atoms with Gasteiger partial charge in [-0.25, -0.2) is 0 Å². The van der Waals surface area contributed by atoms with Gasteiger partial charge in [0.05, 0.1) is 17.3 Å². The third-order valence-electron chi connectivity index (χ3n) is 2.81. The van der Waals surface area contributed by atoms with Crippen molar-refractivity contribution in [2.24, 2.45) is 12.8 Å². The molecule has 1 aromatic carbocycles. The van der Waals surface area contributed by atoms with E-state index in [1.165, 1.54) is 10.9 Å². The molecular formula is C13H13BrN4OS. The highest BCUT2D eigenvalue weighted by Crippen LogP contribution is 2.21. The first-order valence-corrected chi connectivity index (χ1v) is 6.99. The number of rotatable bonds is 3. The van der Waals surface area contributed by atoms with Gasteiger partial charge in [-0.05, 0) is 40.5 Å². The molecule has 0 saturated carbocycles. The van der Waals surface area contributed by atoms with Crippen molar-refractivity contribution < 1.29 is 4.79 Å². The molecule has 0 spiro atoms. The van der Waals surface area contributed by atoms with Gasteiger partial charge in [0.2, 0.25) is 0 Å². The van der Waals surface area contributed by atoms with Crippen molar-refractivity contribution in [3.8, 4) is 0 Å². The average molecular weight is 353 g/mol. The van der Waals surface area contributed by atoms with E-state index in [1.807, 2.05) is 19.1 Å². The Morgan fingerprint density at radius 3 is 2.75 bits per heavy atom. The second kappa shape index (κ2) is 5.72. The molecule has 1 heterocycles. The lowest BCUT2D eigenvalue weighted by molar-refractivity contribution is 0.102. The highest BCUT2D eigenvalue weighted by molar-refractivity contribution is 9.10. The van der Waals surface area contributed by atoms with Crippen LogP contribution in [0.3, 0.4) is 0 Å². The molecule has 2 rings (SSSR count). The normalized spacial score (nSPS) is 10.3. The molecule has 0 aliphatic rings. The largest absolute Gasteiger partial charge is 0.389 e. The molecule has 0 bridgehead atoms. The van der Waals surface area contributed by atoms with Crippen LogP contribution in [0.2, 0.25) is 0 Å². The second-order valence-corrected chi connectivity index (χ2v) is 5.63. The van der Waals surface area contributed by atoms with Crippen LogP contribution in [-0.2, 0) is 7.05 Å². The van der Waals surface area contributed by atoms with Crippen molar-refractivity contribution in [1.82, 2.24) is 9.78 Å². The molecule has 0 radical (unpaired) electrons. The van der Waals surface area contributed by atoms with Crippen LogP contribution in [0, 0.1) is 6.92 Å². The van der Waals surface area contributed by atoms with E-state index in [0.717, 1.165) is 10.0 Å². The van der Waals surface area contributed by atoms with Crippen molar-refractivity contribution in [2.45, 2.75) is 6.92 Å². The van der Waals surface area contributed by atoms with Crippen molar-refractivity contribution in [3.63, 3.8) is 0 Å². The van der Waals surface area contributed by atoms with Crippen LogP contribution >= 0.6 is 28.1 Å². The minimum absolute atomic E-state index is 0.191. The Morgan fingerprint density at radius 2 is 2.15 bits per heavy atom. The zero-order valence-electron chi connectivity index (χ0n) is 11.0. The first-order valence-electron chi connectivity index (χ1n) is 5.79. The van der Waals surface area contributed by atoms with Crippen molar-refractivity contribution in [3.05, 3.63) is 45.6 Å². The van der Waals surface area contributed by atoms with Gasteiger partial charge in [0.25, 0.3) is 5.91 Å². The van der Waals surface area contributed by atoms with Gasteiger partial charge in [-0.3, -0.25) is 9.48 Å². The van der Waals surface area contributed by atoms with Crippen LogP contribution < -0.4 is 11.1 Å². The number of halogens is 1. The average Bonchev–Trinajstić information content (AvgIpc) is 2.71. The highest BCUT2D eigenvalue weighted by atomic mass is 79.9. The van der Waals surface area contributed by atoms with E-state index in [1.54, 1.807) is 13.1 Å². The molecule has 20 heavy (non-hydrogen) atoms. The molecule has 0 aliphatic carbocycles. The zero-order chi connectivity index (χ0) is 14.9. The Bertz CT molecular complexity index is 696. The fourth-order valence-corrected chi connectivity index (χ4v) is 2.57. The number of amides is 1. The number of nitrogens with two attached hydrogens (primary N) is 1. The lowest BCUT2D eigenvalue weighted by atomic mass is 10.1. The van der Waals surface area contributed by atoms with Crippen LogP contribution in [-0.4, -0.2) is 20.7 Å². The second-order valence-electron chi connectivity index (χ2n) is 4.33. The van der Waals surface area contributed by atoms with Gasteiger partial charge in [0.1, 0.15) is 10.8 Å². The lowest BCUT2D eigenvalue weighted by Crippen LogP contribution is -2.19. The Morgan fingerprint density at radius 1 is 1.45 bits per heavy atom. The molecule has 0 unspecified atom stereocenters. The van der Waals surface area contributed by atoms with Gasteiger partial charge in [-0.1, -0.05) is 18.3 Å². The maximum absolute atomic E-state index is 12.3. The van der Waals surface area contributed by atoms with E-state index >= 15 is 0 Å². The highest BCUT2D eigenvalue weighted by Gasteiger charge is 2.16. The van der Waals surface area contributed by atoms with Crippen molar-refractivity contribution in [1.29, 1.82) is 0 Å². The molecule has 1 aromatic heterocycles. The van der Waals surface area contributed by atoms with Gasteiger partial charge in [-0.15, -0.1) is 0 Å². The number of aryl methyl sites for hydroxylation is 2. The van der Waals surface area contributed by atoms with Gasteiger partial charge < -0.3 is 11.1 Å². The summed E-state index contributed by atoms with van der Waals surface area (Å²) >= 11 is 8.32. The topological polar surface area (TPSA) is 72.9 Å². The summed E-state index contributed by atoms with van der Waals surface area (Å²) in [5.74, 6) is 0.230. The Hall–Kier alpha value is -1.73. The van der Waals surface area contributed by atoms with E-state index in [-0.39, 0.29) is 10.9 Å². The van der Waals surface area contributed by atoms with Gasteiger partial charge >= 0.3 is 0 Å². The summed E-state index contributed by atoms with van der Waals surface area (Å²) < 4.78 is 2.25. The lowest BCUT2D eigenvalue weighted by Gasteiger charge is -2.09. The van der Waals surface area contributed by atoms with Gasteiger partial charge in [0, 0.05) is 11.5 Å². The van der Waals surface area contributed by atoms with E-state index in [2.05, 4.69) is 26.3 Å². The summed E-state index contributed by atoms with van der Waals surface area (Å²) in [6, 6.07) is 5.51. The molecule has 0 fully saturated rings. The summed E-state index contributed by atoms with van der Waals surface area (Å²) in [6.07, 6.45) is 1.53. The molecular weight excluding hydrogens is 340 g/mol.